The number of halogens is 1. The lowest BCUT2D eigenvalue weighted by atomic mass is 9.84. The second-order valence-corrected chi connectivity index (χ2v) is 6.11. The molecule has 0 spiro atoms. The molecule has 1 N–H and O–H groups in total. The van der Waals surface area contributed by atoms with Gasteiger partial charge in [0, 0.05) is 6.04 Å². The van der Waals surface area contributed by atoms with Gasteiger partial charge in [0.2, 0.25) is 0 Å². The Morgan fingerprint density at radius 3 is 3.05 bits per heavy atom. The summed E-state index contributed by atoms with van der Waals surface area (Å²) in [6.45, 7) is 2.28. The summed E-state index contributed by atoms with van der Waals surface area (Å²) in [5, 5.41) is 15.6. The number of benzene rings is 1. The van der Waals surface area contributed by atoms with Crippen molar-refractivity contribution in [3.8, 4) is 5.69 Å². The van der Waals surface area contributed by atoms with Crippen LogP contribution in [0.3, 0.4) is 0 Å². The van der Waals surface area contributed by atoms with Crippen molar-refractivity contribution >= 4 is 17.3 Å². The molecule has 6 heteroatoms. The number of hydrogen-bond donors (Lipinski definition) is 1. The molecule has 1 aromatic carbocycles. The van der Waals surface area contributed by atoms with Crippen LogP contribution in [-0.4, -0.2) is 26.2 Å². The highest BCUT2D eigenvalue weighted by atomic mass is 35.5. The Hall–Kier alpha value is -1.62. The molecule has 0 amide bonds. The van der Waals surface area contributed by atoms with Crippen molar-refractivity contribution in [3.63, 3.8) is 0 Å². The highest BCUT2D eigenvalue weighted by Crippen LogP contribution is 2.31. The van der Waals surface area contributed by atoms with Crippen molar-refractivity contribution in [2.75, 3.05) is 5.32 Å². The fraction of sp³-hybridized carbons (Fsp3) is 0.533. The van der Waals surface area contributed by atoms with E-state index >= 15 is 0 Å². The Kier molecular flexibility index (Phi) is 4.39. The van der Waals surface area contributed by atoms with E-state index < -0.39 is 0 Å². The SMILES string of the molecule is CCC1CCCC(Nc2cc(-n3cnnn3)ccc2Cl)C1. The first kappa shape index (κ1) is 14.3. The monoisotopic (exact) mass is 305 g/mol. The van der Waals surface area contributed by atoms with Crippen LogP contribution in [0.25, 0.3) is 5.69 Å². The minimum absolute atomic E-state index is 0.505. The van der Waals surface area contributed by atoms with Gasteiger partial charge < -0.3 is 5.32 Å². The molecule has 2 atom stereocenters. The second kappa shape index (κ2) is 6.43. The summed E-state index contributed by atoms with van der Waals surface area (Å²) in [4.78, 5) is 0. The van der Waals surface area contributed by atoms with Gasteiger partial charge in [0.1, 0.15) is 6.33 Å². The number of anilines is 1. The first-order chi connectivity index (χ1) is 10.3. The fourth-order valence-corrected chi connectivity index (χ4v) is 3.23. The highest BCUT2D eigenvalue weighted by Gasteiger charge is 2.21. The minimum atomic E-state index is 0.505. The van der Waals surface area contributed by atoms with Crippen LogP contribution < -0.4 is 5.32 Å². The quantitative estimate of drug-likeness (QED) is 0.936. The highest BCUT2D eigenvalue weighted by molar-refractivity contribution is 6.33. The van der Waals surface area contributed by atoms with Crippen molar-refractivity contribution in [3.05, 3.63) is 29.5 Å². The van der Waals surface area contributed by atoms with Gasteiger partial charge in [-0.05, 0) is 47.4 Å². The molecule has 1 aliphatic carbocycles. The molecule has 1 heterocycles. The van der Waals surface area contributed by atoms with Gasteiger partial charge in [-0.15, -0.1) is 5.10 Å². The van der Waals surface area contributed by atoms with Gasteiger partial charge in [0.15, 0.2) is 0 Å². The molecule has 1 aromatic heterocycles. The number of hydrogen-bond acceptors (Lipinski definition) is 4. The van der Waals surface area contributed by atoms with E-state index in [0.29, 0.717) is 6.04 Å². The molecule has 1 aliphatic rings. The van der Waals surface area contributed by atoms with Crippen molar-refractivity contribution in [1.29, 1.82) is 0 Å². The first-order valence-electron chi connectivity index (χ1n) is 7.55. The van der Waals surface area contributed by atoms with E-state index in [-0.39, 0.29) is 0 Å². The normalized spacial score (nSPS) is 22.2. The number of aromatic nitrogens is 4. The zero-order valence-electron chi connectivity index (χ0n) is 12.2. The van der Waals surface area contributed by atoms with Crippen LogP contribution in [0.2, 0.25) is 5.02 Å². The lowest BCUT2D eigenvalue weighted by molar-refractivity contribution is 0.327. The summed E-state index contributed by atoms with van der Waals surface area (Å²) < 4.78 is 1.64. The average molecular weight is 306 g/mol. The Balaban J connectivity index is 1.77. The largest absolute Gasteiger partial charge is 0.381 e. The second-order valence-electron chi connectivity index (χ2n) is 5.70. The number of tetrazole rings is 1. The zero-order valence-corrected chi connectivity index (χ0v) is 12.9. The Morgan fingerprint density at radius 1 is 1.38 bits per heavy atom. The average Bonchev–Trinajstić information content (AvgIpc) is 3.04. The summed E-state index contributed by atoms with van der Waals surface area (Å²) in [7, 11) is 0. The van der Waals surface area contributed by atoms with Crippen molar-refractivity contribution in [2.24, 2.45) is 5.92 Å². The molecule has 2 aromatic rings. The molecule has 2 unspecified atom stereocenters. The fourth-order valence-electron chi connectivity index (χ4n) is 3.06. The van der Waals surface area contributed by atoms with E-state index in [1.807, 2.05) is 18.2 Å². The van der Waals surface area contributed by atoms with Crippen LogP contribution in [0.4, 0.5) is 5.69 Å². The maximum Gasteiger partial charge on any atom is 0.143 e. The number of rotatable bonds is 4. The van der Waals surface area contributed by atoms with E-state index in [9.17, 15) is 0 Å². The van der Waals surface area contributed by atoms with Gasteiger partial charge in [-0.2, -0.15) is 0 Å². The van der Waals surface area contributed by atoms with Crippen molar-refractivity contribution in [1.82, 2.24) is 20.2 Å². The molecule has 21 heavy (non-hydrogen) atoms. The van der Waals surface area contributed by atoms with E-state index in [2.05, 4.69) is 27.8 Å². The Morgan fingerprint density at radius 2 is 2.29 bits per heavy atom. The lowest BCUT2D eigenvalue weighted by Crippen LogP contribution is -2.27. The summed E-state index contributed by atoms with van der Waals surface area (Å²) in [6, 6.07) is 6.32. The molecule has 112 valence electrons. The molecule has 0 saturated heterocycles. The summed E-state index contributed by atoms with van der Waals surface area (Å²) in [5.74, 6) is 0.831. The van der Waals surface area contributed by atoms with Crippen LogP contribution in [0.1, 0.15) is 39.0 Å². The lowest BCUT2D eigenvalue weighted by Gasteiger charge is -2.30. The van der Waals surface area contributed by atoms with Crippen LogP contribution in [-0.2, 0) is 0 Å². The van der Waals surface area contributed by atoms with Crippen LogP contribution >= 0.6 is 11.6 Å². The molecular formula is C15H20ClN5. The molecule has 3 rings (SSSR count). The van der Waals surface area contributed by atoms with E-state index in [1.54, 1.807) is 11.0 Å². The molecule has 0 aliphatic heterocycles. The summed E-state index contributed by atoms with van der Waals surface area (Å²) >= 11 is 6.32. The van der Waals surface area contributed by atoms with Gasteiger partial charge in [0.05, 0.1) is 16.4 Å². The number of nitrogens with one attached hydrogen (secondary N) is 1. The molecular weight excluding hydrogens is 286 g/mol. The van der Waals surface area contributed by atoms with E-state index in [1.165, 1.54) is 32.1 Å². The molecule has 0 radical (unpaired) electrons. The molecule has 1 saturated carbocycles. The van der Waals surface area contributed by atoms with Gasteiger partial charge in [0.25, 0.3) is 0 Å². The molecule has 1 fully saturated rings. The van der Waals surface area contributed by atoms with Crippen LogP contribution in [0.5, 0.6) is 0 Å². The third kappa shape index (κ3) is 3.35. The third-order valence-corrected chi connectivity index (χ3v) is 4.61. The minimum Gasteiger partial charge on any atom is -0.381 e. The van der Waals surface area contributed by atoms with Gasteiger partial charge in [-0.3, -0.25) is 0 Å². The van der Waals surface area contributed by atoms with E-state index in [0.717, 1.165) is 22.3 Å². The maximum absolute atomic E-state index is 6.32. The van der Waals surface area contributed by atoms with Crippen molar-refractivity contribution in [2.45, 2.75) is 45.1 Å². The summed E-state index contributed by atoms with van der Waals surface area (Å²) in [5.41, 5.74) is 1.88. The summed E-state index contributed by atoms with van der Waals surface area (Å²) in [6.07, 6.45) is 7.93. The van der Waals surface area contributed by atoms with Crippen molar-refractivity contribution < 1.29 is 0 Å². The van der Waals surface area contributed by atoms with E-state index in [4.69, 9.17) is 11.6 Å². The Labute approximate surface area is 129 Å². The van der Waals surface area contributed by atoms with Gasteiger partial charge in [-0.25, -0.2) is 4.68 Å². The van der Waals surface area contributed by atoms with Gasteiger partial charge >= 0.3 is 0 Å². The first-order valence-corrected chi connectivity index (χ1v) is 7.93. The zero-order chi connectivity index (χ0) is 14.7. The number of nitrogens with zero attached hydrogens (tertiary/aromatic N) is 4. The predicted molar refractivity (Wildman–Crippen MR) is 83.8 cm³/mol. The smallest absolute Gasteiger partial charge is 0.143 e. The molecule has 5 nitrogen and oxygen atoms in total. The topological polar surface area (TPSA) is 55.6 Å². The maximum atomic E-state index is 6.32. The standard InChI is InChI=1S/C15H20ClN5/c1-2-11-4-3-5-12(8-11)18-15-9-13(6-7-14(15)16)21-10-17-19-20-21/h6-7,9-12,18H,2-5,8H2,1H3. The van der Waals surface area contributed by atoms with Crippen LogP contribution in [0.15, 0.2) is 24.5 Å². The predicted octanol–water partition coefficient (Wildman–Crippen LogP) is 3.70. The Bertz CT molecular complexity index is 584. The third-order valence-electron chi connectivity index (χ3n) is 4.28. The molecule has 0 bridgehead atoms. The van der Waals surface area contributed by atoms with Crippen LogP contribution in [0, 0.1) is 5.92 Å². The van der Waals surface area contributed by atoms with Gasteiger partial charge in [-0.1, -0.05) is 37.8 Å².